The molecule has 5 rings (SSSR count). The van der Waals surface area contributed by atoms with Crippen LogP contribution < -0.4 is 4.72 Å². The topological polar surface area (TPSA) is 76.4 Å². The highest BCUT2D eigenvalue weighted by Gasteiger charge is 2.18. The highest BCUT2D eigenvalue weighted by Crippen LogP contribution is 2.25. The van der Waals surface area contributed by atoms with Crippen molar-refractivity contribution >= 4 is 32.3 Å². The minimum absolute atomic E-state index is 0.153. The summed E-state index contributed by atoms with van der Waals surface area (Å²) < 4.78 is 30.4. The molecule has 0 spiro atoms. The molecular weight excluding hydrogens is 384 g/mol. The van der Waals surface area contributed by atoms with Crippen LogP contribution in [-0.4, -0.2) is 22.8 Å². The Kier molecular flexibility index (Phi) is 4.03. The van der Waals surface area contributed by atoms with Gasteiger partial charge in [-0.25, -0.2) is 13.4 Å². The third kappa shape index (κ3) is 3.21. The number of fused-ring (bicyclic) bond motifs is 2. The van der Waals surface area contributed by atoms with Gasteiger partial charge in [-0.2, -0.15) is 0 Å². The minimum atomic E-state index is -3.77. The molecule has 0 bridgehead atoms. The number of anilines is 1. The number of nitrogens with one attached hydrogen (secondary N) is 1. The first-order valence-corrected chi connectivity index (χ1v) is 10.5. The van der Waals surface area contributed by atoms with Crippen LogP contribution in [0.2, 0.25) is 0 Å². The Bertz CT molecular complexity index is 1400. The SMILES string of the molecule is O=S(=O)(Nc1ccc(-c2cn3ccccc3n2)cc1)c1cccc2cccnc12. The molecule has 0 aliphatic rings. The fourth-order valence-electron chi connectivity index (χ4n) is 3.29. The quantitative estimate of drug-likeness (QED) is 0.487. The smallest absolute Gasteiger partial charge is 0.264 e. The monoisotopic (exact) mass is 400 g/mol. The lowest BCUT2D eigenvalue weighted by Gasteiger charge is -2.10. The number of benzene rings is 2. The van der Waals surface area contributed by atoms with E-state index in [0.717, 1.165) is 22.3 Å². The second-order valence-electron chi connectivity index (χ2n) is 6.61. The Morgan fingerprint density at radius 3 is 2.52 bits per heavy atom. The molecule has 142 valence electrons. The largest absolute Gasteiger partial charge is 0.306 e. The minimum Gasteiger partial charge on any atom is -0.306 e. The van der Waals surface area contributed by atoms with Crippen molar-refractivity contribution in [2.45, 2.75) is 4.90 Å². The van der Waals surface area contributed by atoms with E-state index in [1.54, 1.807) is 36.5 Å². The van der Waals surface area contributed by atoms with Gasteiger partial charge in [0.05, 0.1) is 11.2 Å². The average Bonchev–Trinajstić information content (AvgIpc) is 3.18. The molecule has 0 saturated heterocycles. The van der Waals surface area contributed by atoms with Gasteiger partial charge in [-0.1, -0.05) is 36.4 Å². The Morgan fingerprint density at radius 1 is 0.862 bits per heavy atom. The molecule has 5 aromatic rings. The molecule has 0 unspecified atom stereocenters. The summed E-state index contributed by atoms with van der Waals surface area (Å²) in [5.41, 5.74) is 3.51. The molecule has 6 nitrogen and oxygen atoms in total. The molecule has 0 aliphatic heterocycles. The number of aromatic nitrogens is 3. The molecule has 0 fully saturated rings. The second-order valence-corrected chi connectivity index (χ2v) is 8.26. The van der Waals surface area contributed by atoms with E-state index in [1.165, 1.54) is 0 Å². The van der Waals surface area contributed by atoms with Crippen LogP contribution in [0.4, 0.5) is 5.69 Å². The van der Waals surface area contributed by atoms with Crippen molar-refractivity contribution < 1.29 is 8.42 Å². The van der Waals surface area contributed by atoms with Gasteiger partial charge in [0.25, 0.3) is 10.0 Å². The van der Waals surface area contributed by atoms with E-state index in [0.29, 0.717) is 11.2 Å². The van der Waals surface area contributed by atoms with Crippen molar-refractivity contribution in [3.63, 3.8) is 0 Å². The van der Waals surface area contributed by atoms with Gasteiger partial charge in [0, 0.05) is 35.2 Å². The molecule has 0 radical (unpaired) electrons. The molecule has 3 heterocycles. The molecular formula is C22H16N4O2S. The third-order valence-corrected chi connectivity index (χ3v) is 6.09. The van der Waals surface area contributed by atoms with Gasteiger partial charge in [0.1, 0.15) is 10.5 Å². The van der Waals surface area contributed by atoms with Gasteiger partial charge in [0.15, 0.2) is 0 Å². The first-order chi connectivity index (χ1) is 14.1. The van der Waals surface area contributed by atoms with E-state index in [4.69, 9.17) is 0 Å². The summed E-state index contributed by atoms with van der Waals surface area (Å²) in [5.74, 6) is 0. The van der Waals surface area contributed by atoms with Gasteiger partial charge in [0.2, 0.25) is 0 Å². The number of rotatable bonds is 4. The summed E-state index contributed by atoms with van der Waals surface area (Å²) in [6, 6.07) is 21.7. The molecule has 0 saturated carbocycles. The highest BCUT2D eigenvalue weighted by molar-refractivity contribution is 7.93. The number of hydrogen-bond acceptors (Lipinski definition) is 4. The fourth-order valence-corrected chi connectivity index (χ4v) is 4.53. The normalized spacial score (nSPS) is 11.7. The van der Waals surface area contributed by atoms with Crippen LogP contribution in [0.3, 0.4) is 0 Å². The summed E-state index contributed by atoms with van der Waals surface area (Å²) in [6.07, 6.45) is 5.47. The maximum Gasteiger partial charge on any atom is 0.264 e. The molecule has 0 amide bonds. The van der Waals surface area contributed by atoms with Crippen LogP contribution >= 0.6 is 0 Å². The molecule has 3 aromatic heterocycles. The van der Waals surface area contributed by atoms with Crippen molar-refractivity contribution in [2.24, 2.45) is 0 Å². The summed E-state index contributed by atoms with van der Waals surface area (Å²) in [7, 11) is -3.77. The van der Waals surface area contributed by atoms with E-state index in [9.17, 15) is 8.42 Å². The van der Waals surface area contributed by atoms with E-state index < -0.39 is 10.0 Å². The Hall–Kier alpha value is -3.71. The predicted octanol–water partition coefficient (Wildman–Crippen LogP) is 4.35. The first-order valence-electron chi connectivity index (χ1n) is 9.01. The van der Waals surface area contributed by atoms with Crippen molar-refractivity contribution in [2.75, 3.05) is 4.72 Å². The van der Waals surface area contributed by atoms with Gasteiger partial charge in [-0.05, 0) is 36.4 Å². The van der Waals surface area contributed by atoms with E-state index in [2.05, 4.69) is 14.7 Å². The Labute approximate surface area is 167 Å². The number of pyridine rings is 2. The van der Waals surface area contributed by atoms with E-state index in [-0.39, 0.29) is 4.90 Å². The summed E-state index contributed by atoms with van der Waals surface area (Å²) >= 11 is 0. The van der Waals surface area contributed by atoms with Crippen LogP contribution in [0.5, 0.6) is 0 Å². The number of sulfonamides is 1. The zero-order valence-corrected chi connectivity index (χ0v) is 16.0. The van der Waals surface area contributed by atoms with E-state index >= 15 is 0 Å². The number of para-hydroxylation sites is 1. The maximum absolute atomic E-state index is 12.9. The third-order valence-electron chi connectivity index (χ3n) is 4.68. The van der Waals surface area contributed by atoms with Crippen molar-refractivity contribution in [1.29, 1.82) is 0 Å². The van der Waals surface area contributed by atoms with E-state index in [1.807, 2.05) is 59.3 Å². The maximum atomic E-state index is 12.9. The lowest BCUT2D eigenvalue weighted by atomic mass is 10.1. The lowest BCUT2D eigenvalue weighted by Crippen LogP contribution is -2.13. The molecule has 2 aromatic carbocycles. The molecule has 0 atom stereocenters. The number of nitrogens with zero attached hydrogens (tertiary/aromatic N) is 3. The van der Waals surface area contributed by atoms with Crippen LogP contribution in [0, 0.1) is 0 Å². The summed E-state index contributed by atoms with van der Waals surface area (Å²) in [4.78, 5) is 8.97. The first kappa shape index (κ1) is 17.4. The van der Waals surface area contributed by atoms with Crippen LogP contribution in [0.1, 0.15) is 0 Å². The molecule has 1 N–H and O–H groups in total. The summed E-state index contributed by atoms with van der Waals surface area (Å²) in [5, 5.41) is 0.776. The van der Waals surface area contributed by atoms with Crippen LogP contribution in [-0.2, 0) is 10.0 Å². The molecule has 29 heavy (non-hydrogen) atoms. The van der Waals surface area contributed by atoms with Crippen LogP contribution in [0.15, 0.2) is 96.3 Å². The Morgan fingerprint density at radius 2 is 1.69 bits per heavy atom. The van der Waals surface area contributed by atoms with Gasteiger partial charge >= 0.3 is 0 Å². The van der Waals surface area contributed by atoms with Gasteiger partial charge in [-0.15, -0.1) is 0 Å². The zero-order valence-electron chi connectivity index (χ0n) is 15.2. The highest BCUT2D eigenvalue weighted by atomic mass is 32.2. The fraction of sp³-hybridized carbons (Fsp3) is 0. The van der Waals surface area contributed by atoms with Crippen molar-refractivity contribution in [3.05, 3.63) is 91.4 Å². The predicted molar refractivity (Wildman–Crippen MR) is 113 cm³/mol. The molecule has 0 aliphatic carbocycles. The van der Waals surface area contributed by atoms with Crippen LogP contribution in [0.25, 0.3) is 27.8 Å². The number of hydrogen-bond donors (Lipinski definition) is 1. The van der Waals surface area contributed by atoms with Gasteiger partial charge in [-0.3, -0.25) is 9.71 Å². The Balaban J connectivity index is 1.45. The summed E-state index contributed by atoms with van der Waals surface area (Å²) in [6.45, 7) is 0. The van der Waals surface area contributed by atoms with Crippen molar-refractivity contribution in [3.8, 4) is 11.3 Å². The molecule has 7 heteroatoms. The van der Waals surface area contributed by atoms with Gasteiger partial charge < -0.3 is 4.40 Å². The van der Waals surface area contributed by atoms with Crippen molar-refractivity contribution in [1.82, 2.24) is 14.4 Å². The lowest BCUT2D eigenvalue weighted by molar-refractivity contribution is 0.602. The standard InChI is InChI=1S/C22H16N4O2S/c27-29(28,20-7-3-5-17-6-4-13-23-22(17)20)25-18-11-9-16(10-12-18)19-15-26-14-2-1-8-21(26)24-19/h1-15,25H. The average molecular weight is 400 g/mol. The number of imidazole rings is 1. The zero-order chi connectivity index (χ0) is 19.8. The second kappa shape index (κ2) is 6.72.